The number of hydrogen-bond donors (Lipinski definition) is 0. The van der Waals surface area contributed by atoms with Crippen molar-refractivity contribution in [3.05, 3.63) is 23.9 Å². The highest BCUT2D eigenvalue weighted by Gasteiger charge is 2.26. The number of aromatic nitrogens is 1. The van der Waals surface area contributed by atoms with Crippen LogP contribution in [0.5, 0.6) is 0 Å². The third-order valence-corrected chi connectivity index (χ3v) is 3.23. The molecule has 2 heterocycles. The number of nitrogens with zero attached hydrogens (tertiary/aromatic N) is 3. The Kier molecular flexibility index (Phi) is 3.78. The number of carbonyl (C=O) groups excluding carboxylic acids is 1. The van der Waals surface area contributed by atoms with Crippen LogP contribution in [-0.4, -0.2) is 31.2 Å². The molecule has 0 saturated carbocycles. The van der Waals surface area contributed by atoms with Crippen molar-refractivity contribution in [2.45, 2.75) is 12.8 Å². The molecule has 1 aromatic heterocycles. The molecule has 1 saturated heterocycles. The van der Waals surface area contributed by atoms with Gasteiger partial charge in [0.25, 0.3) is 0 Å². The average Bonchev–Trinajstić information content (AvgIpc) is 2.46. The minimum Gasteiger partial charge on any atom is -0.469 e. The van der Waals surface area contributed by atoms with Gasteiger partial charge < -0.3 is 9.64 Å². The molecule has 18 heavy (non-hydrogen) atoms. The summed E-state index contributed by atoms with van der Waals surface area (Å²) in [5.74, 6) is 0.663. The number of nitriles is 1. The molecule has 0 atom stereocenters. The van der Waals surface area contributed by atoms with Gasteiger partial charge in [0.2, 0.25) is 0 Å². The van der Waals surface area contributed by atoms with E-state index in [0.717, 1.165) is 31.7 Å². The summed E-state index contributed by atoms with van der Waals surface area (Å²) in [7, 11) is 1.42. The molecule has 0 radical (unpaired) electrons. The van der Waals surface area contributed by atoms with E-state index in [1.807, 2.05) is 0 Å². The first kappa shape index (κ1) is 12.4. The molecule has 1 aliphatic heterocycles. The van der Waals surface area contributed by atoms with E-state index in [-0.39, 0.29) is 11.9 Å². The smallest absolute Gasteiger partial charge is 0.308 e. The van der Waals surface area contributed by atoms with Crippen molar-refractivity contribution in [1.82, 2.24) is 4.98 Å². The summed E-state index contributed by atoms with van der Waals surface area (Å²) in [4.78, 5) is 17.8. The van der Waals surface area contributed by atoms with Gasteiger partial charge in [-0.05, 0) is 25.0 Å². The number of methoxy groups -OCH3 is 1. The molecule has 2 rings (SSSR count). The third-order valence-electron chi connectivity index (χ3n) is 3.23. The van der Waals surface area contributed by atoms with Gasteiger partial charge in [0.15, 0.2) is 0 Å². The van der Waals surface area contributed by atoms with E-state index in [2.05, 4.69) is 16.0 Å². The number of rotatable bonds is 2. The summed E-state index contributed by atoms with van der Waals surface area (Å²) in [5, 5.41) is 8.85. The van der Waals surface area contributed by atoms with Gasteiger partial charge in [0.05, 0.1) is 24.7 Å². The molecule has 0 N–H and O–H groups in total. The molecule has 0 spiro atoms. The predicted octanol–water partition coefficient (Wildman–Crippen LogP) is 1.34. The van der Waals surface area contributed by atoms with E-state index in [1.54, 1.807) is 18.3 Å². The summed E-state index contributed by atoms with van der Waals surface area (Å²) in [6.07, 6.45) is 3.18. The second-order valence-electron chi connectivity index (χ2n) is 4.30. The second kappa shape index (κ2) is 5.50. The molecular formula is C13H15N3O2. The molecular weight excluding hydrogens is 230 g/mol. The maximum absolute atomic E-state index is 11.4. The zero-order chi connectivity index (χ0) is 13.0. The van der Waals surface area contributed by atoms with Crippen LogP contribution in [0.1, 0.15) is 18.4 Å². The Hall–Kier alpha value is -2.09. The lowest BCUT2D eigenvalue weighted by atomic mass is 9.97. The first-order valence-electron chi connectivity index (χ1n) is 5.93. The molecule has 0 amide bonds. The van der Waals surface area contributed by atoms with Gasteiger partial charge in [-0.2, -0.15) is 5.26 Å². The van der Waals surface area contributed by atoms with Crippen LogP contribution in [0.15, 0.2) is 18.3 Å². The van der Waals surface area contributed by atoms with Crippen molar-refractivity contribution in [3.8, 4) is 6.07 Å². The second-order valence-corrected chi connectivity index (χ2v) is 4.30. The zero-order valence-corrected chi connectivity index (χ0v) is 10.3. The Morgan fingerprint density at radius 2 is 2.28 bits per heavy atom. The number of piperidine rings is 1. The largest absolute Gasteiger partial charge is 0.469 e. The SMILES string of the molecule is COC(=O)C1CCN(c2cc(C#N)ccn2)CC1. The van der Waals surface area contributed by atoms with E-state index < -0.39 is 0 Å². The van der Waals surface area contributed by atoms with Crippen molar-refractivity contribution in [2.24, 2.45) is 5.92 Å². The number of esters is 1. The van der Waals surface area contributed by atoms with Crippen molar-refractivity contribution >= 4 is 11.8 Å². The van der Waals surface area contributed by atoms with Crippen molar-refractivity contribution < 1.29 is 9.53 Å². The minimum atomic E-state index is -0.131. The fraction of sp³-hybridized carbons (Fsp3) is 0.462. The predicted molar refractivity (Wildman–Crippen MR) is 65.9 cm³/mol. The van der Waals surface area contributed by atoms with Crippen LogP contribution in [0.3, 0.4) is 0 Å². The Labute approximate surface area is 106 Å². The van der Waals surface area contributed by atoms with Crippen LogP contribution in [0.4, 0.5) is 5.82 Å². The third kappa shape index (κ3) is 2.59. The quantitative estimate of drug-likeness (QED) is 0.736. The number of pyridine rings is 1. The van der Waals surface area contributed by atoms with Gasteiger partial charge in [-0.1, -0.05) is 0 Å². The maximum Gasteiger partial charge on any atom is 0.308 e. The lowest BCUT2D eigenvalue weighted by molar-refractivity contribution is -0.146. The van der Waals surface area contributed by atoms with E-state index >= 15 is 0 Å². The van der Waals surface area contributed by atoms with Crippen LogP contribution in [-0.2, 0) is 9.53 Å². The van der Waals surface area contributed by atoms with Gasteiger partial charge >= 0.3 is 5.97 Å². The summed E-state index contributed by atoms with van der Waals surface area (Å²) in [5.41, 5.74) is 0.607. The summed E-state index contributed by atoms with van der Waals surface area (Å²) < 4.78 is 4.75. The van der Waals surface area contributed by atoms with Gasteiger partial charge in [-0.25, -0.2) is 4.98 Å². The topological polar surface area (TPSA) is 66.2 Å². The van der Waals surface area contributed by atoms with Crippen LogP contribution < -0.4 is 4.90 Å². The molecule has 0 unspecified atom stereocenters. The normalized spacial score (nSPS) is 16.1. The Morgan fingerprint density at radius 3 is 2.89 bits per heavy atom. The monoisotopic (exact) mass is 245 g/mol. The van der Waals surface area contributed by atoms with Crippen molar-refractivity contribution in [1.29, 1.82) is 5.26 Å². The van der Waals surface area contributed by atoms with E-state index in [1.165, 1.54) is 7.11 Å². The van der Waals surface area contributed by atoms with Gasteiger partial charge in [0, 0.05) is 19.3 Å². The molecule has 0 bridgehead atoms. The molecule has 1 aliphatic rings. The van der Waals surface area contributed by atoms with Crippen LogP contribution in [0, 0.1) is 17.2 Å². The lowest BCUT2D eigenvalue weighted by Gasteiger charge is -2.31. The van der Waals surface area contributed by atoms with E-state index in [0.29, 0.717) is 5.56 Å². The average molecular weight is 245 g/mol. The molecule has 5 nitrogen and oxygen atoms in total. The van der Waals surface area contributed by atoms with Crippen molar-refractivity contribution in [3.63, 3.8) is 0 Å². The molecule has 5 heteroatoms. The number of anilines is 1. The highest BCUT2D eigenvalue weighted by atomic mass is 16.5. The van der Waals surface area contributed by atoms with E-state index in [9.17, 15) is 4.79 Å². The number of carbonyl (C=O) groups is 1. The van der Waals surface area contributed by atoms with Crippen LogP contribution in [0.2, 0.25) is 0 Å². The fourth-order valence-corrected chi connectivity index (χ4v) is 2.17. The van der Waals surface area contributed by atoms with E-state index in [4.69, 9.17) is 10.00 Å². The minimum absolute atomic E-state index is 0.00889. The highest BCUT2D eigenvalue weighted by molar-refractivity contribution is 5.72. The molecule has 94 valence electrons. The Bertz CT molecular complexity index is 473. The molecule has 0 aliphatic carbocycles. The highest BCUT2D eigenvalue weighted by Crippen LogP contribution is 2.22. The van der Waals surface area contributed by atoms with Crippen LogP contribution in [0.25, 0.3) is 0 Å². The summed E-state index contributed by atoms with van der Waals surface area (Å²) in [6.45, 7) is 1.53. The summed E-state index contributed by atoms with van der Waals surface area (Å²) in [6, 6.07) is 5.56. The summed E-state index contributed by atoms with van der Waals surface area (Å²) >= 11 is 0. The number of ether oxygens (including phenoxy) is 1. The number of hydrogen-bond acceptors (Lipinski definition) is 5. The van der Waals surface area contributed by atoms with Gasteiger partial charge in [-0.3, -0.25) is 4.79 Å². The van der Waals surface area contributed by atoms with Crippen LogP contribution >= 0.6 is 0 Å². The first-order valence-corrected chi connectivity index (χ1v) is 5.93. The zero-order valence-electron chi connectivity index (χ0n) is 10.3. The molecule has 0 aromatic carbocycles. The maximum atomic E-state index is 11.4. The fourth-order valence-electron chi connectivity index (χ4n) is 2.17. The van der Waals surface area contributed by atoms with Gasteiger partial charge in [-0.15, -0.1) is 0 Å². The molecule has 1 fully saturated rings. The Morgan fingerprint density at radius 1 is 1.56 bits per heavy atom. The lowest BCUT2D eigenvalue weighted by Crippen LogP contribution is -2.37. The van der Waals surface area contributed by atoms with Crippen molar-refractivity contribution in [2.75, 3.05) is 25.1 Å². The molecule has 1 aromatic rings. The first-order chi connectivity index (χ1) is 8.74. The van der Waals surface area contributed by atoms with Gasteiger partial charge in [0.1, 0.15) is 5.82 Å². The standard InChI is InChI=1S/C13H15N3O2/c1-18-13(17)11-3-6-16(7-4-11)12-8-10(9-14)2-5-15-12/h2,5,8,11H,3-4,6-7H2,1H3. The Balaban J connectivity index is 2.01.